The molecule has 0 radical (unpaired) electrons. The molecular weight excluding hydrogens is 148 g/mol. The van der Waals surface area contributed by atoms with E-state index in [1.807, 2.05) is 0 Å². The van der Waals surface area contributed by atoms with Crippen LogP contribution in [-0.4, -0.2) is 32.4 Å². The zero-order chi connectivity index (χ0) is 10.1. The molecule has 0 atom stereocenters. The van der Waals surface area contributed by atoms with Crippen LogP contribution < -0.4 is 0 Å². The highest BCUT2D eigenvalue weighted by atomic mass is 17.0. The van der Waals surface area contributed by atoms with Crippen molar-refractivity contribution >= 4 is 0 Å². The van der Waals surface area contributed by atoms with Crippen molar-refractivity contribution in [3.63, 3.8) is 0 Å². The Morgan fingerprint density at radius 1 is 1.00 bits per heavy atom. The lowest BCUT2D eigenvalue weighted by atomic mass is 10.2. The van der Waals surface area contributed by atoms with Gasteiger partial charge in [-0.2, -0.15) is 0 Å². The predicted molar refractivity (Wildman–Crippen MR) is 44.6 cm³/mol. The predicted octanol–water partition coefficient (Wildman–Crippen LogP) is 1.18. The van der Waals surface area contributed by atoms with Gasteiger partial charge in [0.1, 0.15) is 0 Å². The Labute approximate surface area is 68.0 Å². The lowest BCUT2D eigenvalue weighted by molar-refractivity contribution is -0.176. The maximum absolute atomic E-state index is 8.52. The first-order chi connectivity index (χ1) is 4.73. The van der Waals surface area contributed by atoms with Crippen LogP contribution in [0.1, 0.15) is 34.6 Å². The zero-order valence-electron chi connectivity index (χ0n) is 7.87. The topological polar surface area (TPSA) is 80.9 Å². The van der Waals surface area contributed by atoms with Crippen LogP contribution in [0.5, 0.6) is 0 Å². The summed E-state index contributed by atoms with van der Waals surface area (Å²) in [7, 11) is 0. The van der Waals surface area contributed by atoms with E-state index in [-0.39, 0.29) is 6.10 Å². The second-order valence-electron chi connectivity index (χ2n) is 3.26. The smallest absolute Gasteiger partial charge is 0.0563 e. The first kappa shape index (κ1) is 17.1. The molecule has 4 nitrogen and oxygen atoms in total. The first-order valence-electron chi connectivity index (χ1n) is 3.34. The Hall–Kier alpha value is -0.160. The molecule has 0 fully saturated rings. The summed E-state index contributed by atoms with van der Waals surface area (Å²) >= 11 is 0. The Morgan fingerprint density at radius 2 is 1.00 bits per heavy atom. The van der Waals surface area contributed by atoms with Gasteiger partial charge in [0.15, 0.2) is 0 Å². The van der Waals surface area contributed by atoms with Gasteiger partial charge in [0.05, 0.1) is 5.60 Å². The van der Waals surface area contributed by atoms with Crippen molar-refractivity contribution in [1.82, 2.24) is 0 Å². The number of aliphatic hydroxyl groups excluding tert-OH is 1. The Morgan fingerprint density at radius 3 is 1.00 bits per heavy atom. The van der Waals surface area contributed by atoms with Crippen LogP contribution in [0.2, 0.25) is 0 Å². The van der Waals surface area contributed by atoms with E-state index in [9.17, 15) is 0 Å². The Bertz CT molecular complexity index is 47.2. The third-order valence-electron chi connectivity index (χ3n) is 0. The van der Waals surface area contributed by atoms with Crippen molar-refractivity contribution in [1.29, 1.82) is 0 Å². The summed E-state index contributed by atoms with van der Waals surface area (Å²) in [5.74, 6) is 0. The third kappa shape index (κ3) is 23600. The third-order valence-corrected chi connectivity index (χ3v) is 0. The standard InChI is InChI=1S/C4H10O.C3H8O.H2O2/c1-4(2,3)5;1-3(2)4;1-2/h5H,1-3H3;3-4H,1-2H3;1-2H. The zero-order valence-corrected chi connectivity index (χ0v) is 7.87. The van der Waals surface area contributed by atoms with Gasteiger partial charge in [-0.25, -0.2) is 0 Å². The number of aliphatic hydroxyl groups is 2. The van der Waals surface area contributed by atoms with E-state index in [1.54, 1.807) is 34.6 Å². The molecule has 0 heterocycles. The molecule has 0 aliphatic carbocycles. The SMILES string of the molecule is CC(C)(C)O.CC(C)O.OO. The minimum absolute atomic E-state index is 0.167. The minimum atomic E-state index is -0.500. The largest absolute Gasteiger partial charge is 0.394 e. The molecule has 11 heavy (non-hydrogen) atoms. The minimum Gasteiger partial charge on any atom is -0.394 e. The molecule has 72 valence electrons. The highest BCUT2D eigenvalue weighted by Crippen LogP contribution is 1.93. The van der Waals surface area contributed by atoms with Crippen molar-refractivity contribution in [3.05, 3.63) is 0 Å². The second-order valence-corrected chi connectivity index (χ2v) is 3.26. The number of hydrogen-bond acceptors (Lipinski definition) is 4. The molecule has 0 unspecified atom stereocenters. The van der Waals surface area contributed by atoms with Gasteiger partial charge in [0.25, 0.3) is 0 Å². The van der Waals surface area contributed by atoms with Gasteiger partial charge < -0.3 is 10.2 Å². The van der Waals surface area contributed by atoms with Gasteiger partial charge in [-0.1, -0.05) is 0 Å². The van der Waals surface area contributed by atoms with E-state index < -0.39 is 5.60 Å². The van der Waals surface area contributed by atoms with E-state index >= 15 is 0 Å². The highest BCUT2D eigenvalue weighted by molar-refractivity contribution is 4.50. The summed E-state index contributed by atoms with van der Waals surface area (Å²) in [4.78, 5) is 0. The van der Waals surface area contributed by atoms with Gasteiger partial charge in [0.2, 0.25) is 0 Å². The summed E-state index contributed by atoms with van der Waals surface area (Å²) < 4.78 is 0. The van der Waals surface area contributed by atoms with Crippen molar-refractivity contribution in [3.8, 4) is 0 Å². The molecule has 4 heteroatoms. The quantitative estimate of drug-likeness (QED) is 0.323. The Balaban J connectivity index is -0.0000000965. The normalized spacial score (nSPS) is 9.27. The monoisotopic (exact) mass is 168 g/mol. The molecule has 0 aliphatic rings. The fourth-order valence-corrected chi connectivity index (χ4v) is 0. The molecule has 0 aliphatic heterocycles. The molecule has 0 rings (SSSR count). The van der Waals surface area contributed by atoms with Crippen molar-refractivity contribution in [2.45, 2.75) is 46.3 Å². The highest BCUT2D eigenvalue weighted by Gasteiger charge is 1.97. The van der Waals surface area contributed by atoms with Gasteiger partial charge in [-0.15, -0.1) is 0 Å². The fraction of sp³-hybridized carbons (Fsp3) is 1.00. The van der Waals surface area contributed by atoms with E-state index in [4.69, 9.17) is 20.7 Å². The van der Waals surface area contributed by atoms with E-state index in [0.717, 1.165) is 0 Å². The van der Waals surface area contributed by atoms with E-state index in [2.05, 4.69) is 0 Å². The molecular formula is C7H20O4. The fourth-order valence-electron chi connectivity index (χ4n) is 0. The lowest BCUT2D eigenvalue weighted by Crippen LogP contribution is -2.10. The average molecular weight is 168 g/mol. The number of hydrogen-bond donors (Lipinski definition) is 4. The summed E-state index contributed by atoms with van der Waals surface area (Å²) in [5.41, 5.74) is -0.500. The van der Waals surface area contributed by atoms with Crippen LogP contribution in [0.4, 0.5) is 0 Å². The number of rotatable bonds is 0. The molecule has 0 aromatic heterocycles. The van der Waals surface area contributed by atoms with E-state index in [0.29, 0.717) is 0 Å². The van der Waals surface area contributed by atoms with Crippen LogP contribution in [-0.2, 0) is 0 Å². The lowest BCUT2D eigenvalue weighted by Gasteiger charge is -2.04. The van der Waals surface area contributed by atoms with Crippen molar-refractivity contribution in [2.75, 3.05) is 0 Å². The first-order valence-corrected chi connectivity index (χ1v) is 3.34. The van der Waals surface area contributed by atoms with Crippen molar-refractivity contribution < 1.29 is 20.7 Å². The van der Waals surface area contributed by atoms with Crippen LogP contribution in [0.3, 0.4) is 0 Å². The average Bonchev–Trinajstić information content (AvgIpc) is 1.63. The summed E-state index contributed by atoms with van der Waals surface area (Å²) in [6.07, 6.45) is -0.167. The second kappa shape index (κ2) is 9.84. The van der Waals surface area contributed by atoms with Crippen LogP contribution >= 0.6 is 0 Å². The molecule has 0 aromatic carbocycles. The van der Waals surface area contributed by atoms with Crippen LogP contribution in [0, 0.1) is 0 Å². The van der Waals surface area contributed by atoms with Gasteiger partial charge >= 0.3 is 0 Å². The van der Waals surface area contributed by atoms with Crippen molar-refractivity contribution in [2.24, 2.45) is 0 Å². The summed E-state index contributed by atoms with van der Waals surface area (Å²) in [6, 6.07) is 0. The molecule has 0 aromatic rings. The van der Waals surface area contributed by atoms with Crippen LogP contribution in [0.15, 0.2) is 0 Å². The Kier molecular flexibility index (Phi) is 15.3. The van der Waals surface area contributed by atoms with Gasteiger partial charge in [-0.3, -0.25) is 10.5 Å². The summed E-state index contributed by atoms with van der Waals surface area (Å²) in [6.45, 7) is 8.67. The molecule has 0 bridgehead atoms. The molecule has 0 saturated carbocycles. The van der Waals surface area contributed by atoms with E-state index in [1.165, 1.54) is 0 Å². The van der Waals surface area contributed by atoms with Crippen LogP contribution in [0.25, 0.3) is 0 Å². The molecule has 0 amide bonds. The van der Waals surface area contributed by atoms with Gasteiger partial charge in [-0.05, 0) is 34.6 Å². The molecule has 4 N–H and O–H groups in total. The maximum Gasteiger partial charge on any atom is 0.0563 e. The molecule has 0 spiro atoms. The summed E-state index contributed by atoms with van der Waals surface area (Å²) in [5, 5.41) is 28.6. The maximum atomic E-state index is 8.52. The molecule has 0 saturated heterocycles. The van der Waals surface area contributed by atoms with Gasteiger partial charge in [0, 0.05) is 6.10 Å².